The van der Waals surface area contributed by atoms with Crippen LogP contribution in [0.2, 0.25) is 0 Å². The van der Waals surface area contributed by atoms with E-state index in [1.165, 1.54) is 0 Å². The van der Waals surface area contributed by atoms with Crippen LogP contribution in [0.3, 0.4) is 0 Å². The quantitative estimate of drug-likeness (QED) is 0.300. The highest BCUT2D eigenvalue weighted by Crippen LogP contribution is 2.16. The SMILES string of the molecule is CCCC(CN=C(NCC)N1CCN(c2cnn(C)c2)C(=O)C1)NC(=O)OC(C)(C)C.I. The number of guanidine groups is 1. The molecule has 2 rings (SSSR count). The summed E-state index contributed by atoms with van der Waals surface area (Å²) in [6, 6.07) is -0.138. The first-order valence-electron chi connectivity index (χ1n) is 10.9. The molecule has 1 fully saturated rings. The van der Waals surface area contributed by atoms with Crippen molar-refractivity contribution in [3.8, 4) is 0 Å². The Morgan fingerprint density at radius 1 is 1.31 bits per heavy atom. The van der Waals surface area contributed by atoms with Gasteiger partial charge in [0, 0.05) is 32.9 Å². The minimum absolute atomic E-state index is 0. The number of aryl methyl sites for hydroxylation is 1. The van der Waals surface area contributed by atoms with Crippen LogP contribution in [0, 0.1) is 0 Å². The molecule has 1 aliphatic rings. The highest BCUT2D eigenvalue weighted by atomic mass is 127. The number of nitrogens with zero attached hydrogens (tertiary/aromatic N) is 5. The van der Waals surface area contributed by atoms with E-state index < -0.39 is 11.7 Å². The van der Waals surface area contributed by atoms with Gasteiger partial charge in [0.2, 0.25) is 5.91 Å². The number of hydrogen-bond acceptors (Lipinski definition) is 5. The molecule has 2 amide bonds. The summed E-state index contributed by atoms with van der Waals surface area (Å²) in [4.78, 5) is 33.3. The van der Waals surface area contributed by atoms with Crippen LogP contribution in [0.15, 0.2) is 17.4 Å². The Hall–Kier alpha value is -2.05. The highest BCUT2D eigenvalue weighted by Gasteiger charge is 2.28. The first kappa shape index (κ1) is 28.0. The Bertz CT molecular complexity index is 776. The van der Waals surface area contributed by atoms with Crippen LogP contribution in [0.25, 0.3) is 0 Å². The van der Waals surface area contributed by atoms with Gasteiger partial charge in [0.25, 0.3) is 0 Å². The molecule has 0 aromatic carbocycles. The number of aromatic nitrogens is 2. The van der Waals surface area contributed by atoms with E-state index in [1.807, 2.05) is 45.8 Å². The molecule has 11 heteroatoms. The Balaban J connectivity index is 0.00000512. The second-order valence-corrected chi connectivity index (χ2v) is 8.67. The number of ether oxygens (including phenoxy) is 1. The number of nitrogens with one attached hydrogen (secondary N) is 2. The topological polar surface area (TPSA) is 104 Å². The van der Waals surface area contributed by atoms with Gasteiger partial charge in [-0.25, -0.2) is 4.79 Å². The molecule has 1 atom stereocenters. The van der Waals surface area contributed by atoms with Crippen LogP contribution in [0.5, 0.6) is 0 Å². The lowest BCUT2D eigenvalue weighted by atomic mass is 10.1. The number of halogens is 1. The summed E-state index contributed by atoms with van der Waals surface area (Å²) in [7, 11) is 1.83. The molecule has 1 aliphatic heterocycles. The van der Waals surface area contributed by atoms with Gasteiger partial charge in [-0.2, -0.15) is 5.10 Å². The molecule has 0 saturated carbocycles. The monoisotopic (exact) mass is 563 g/mol. The van der Waals surface area contributed by atoms with E-state index in [2.05, 4.69) is 22.7 Å². The largest absolute Gasteiger partial charge is 0.444 e. The number of anilines is 1. The van der Waals surface area contributed by atoms with E-state index in [0.29, 0.717) is 32.1 Å². The Morgan fingerprint density at radius 3 is 2.56 bits per heavy atom. The molecule has 182 valence electrons. The zero-order chi connectivity index (χ0) is 23.0. The second-order valence-electron chi connectivity index (χ2n) is 8.67. The van der Waals surface area contributed by atoms with Crippen molar-refractivity contribution in [2.45, 2.75) is 59.1 Å². The molecule has 0 radical (unpaired) electrons. The third-order valence-corrected chi connectivity index (χ3v) is 4.68. The maximum absolute atomic E-state index is 12.7. The van der Waals surface area contributed by atoms with Crippen LogP contribution in [0.1, 0.15) is 47.5 Å². The molecular weight excluding hydrogens is 525 g/mol. The van der Waals surface area contributed by atoms with Crippen molar-refractivity contribution in [2.75, 3.05) is 37.6 Å². The normalized spacial score (nSPS) is 15.8. The maximum atomic E-state index is 12.7. The molecule has 1 saturated heterocycles. The van der Waals surface area contributed by atoms with Crippen molar-refractivity contribution >= 4 is 47.6 Å². The zero-order valence-corrected chi connectivity index (χ0v) is 22.4. The Morgan fingerprint density at radius 2 is 2.03 bits per heavy atom. The number of rotatable bonds is 7. The van der Waals surface area contributed by atoms with E-state index in [4.69, 9.17) is 9.73 Å². The van der Waals surface area contributed by atoms with Gasteiger partial charge >= 0.3 is 6.09 Å². The maximum Gasteiger partial charge on any atom is 0.407 e. The lowest BCUT2D eigenvalue weighted by Crippen LogP contribution is -2.55. The highest BCUT2D eigenvalue weighted by molar-refractivity contribution is 14.0. The van der Waals surface area contributed by atoms with E-state index in [0.717, 1.165) is 18.5 Å². The van der Waals surface area contributed by atoms with Crippen molar-refractivity contribution in [3.05, 3.63) is 12.4 Å². The molecule has 0 spiro atoms. The fourth-order valence-electron chi connectivity index (χ4n) is 3.33. The summed E-state index contributed by atoms with van der Waals surface area (Å²) < 4.78 is 7.06. The lowest BCUT2D eigenvalue weighted by Gasteiger charge is -2.35. The molecule has 10 nitrogen and oxygen atoms in total. The average Bonchev–Trinajstić information content (AvgIpc) is 3.09. The molecule has 1 unspecified atom stereocenters. The number of amides is 2. The van der Waals surface area contributed by atoms with E-state index in [9.17, 15) is 9.59 Å². The second kappa shape index (κ2) is 12.9. The number of carbonyl (C=O) groups is 2. The van der Waals surface area contributed by atoms with Gasteiger partial charge in [-0.3, -0.25) is 14.5 Å². The fraction of sp³-hybridized carbons (Fsp3) is 0.714. The molecule has 1 aromatic heterocycles. The number of alkyl carbamates (subject to hydrolysis) is 1. The van der Waals surface area contributed by atoms with Gasteiger partial charge in [0.15, 0.2) is 5.96 Å². The standard InChI is InChI=1S/C21H37N7O3.HI/c1-7-9-16(25-20(30)31-21(3,4)5)12-23-19(22-8-2)27-10-11-28(18(29)15-27)17-13-24-26(6)14-17;/h13-14,16H,7-12,15H2,1-6H3,(H,22,23)(H,25,30);1H. The minimum Gasteiger partial charge on any atom is -0.444 e. The molecule has 1 aromatic rings. The fourth-order valence-corrected chi connectivity index (χ4v) is 3.33. The van der Waals surface area contributed by atoms with Gasteiger partial charge < -0.3 is 25.2 Å². The third kappa shape index (κ3) is 8.83. The van der Waals surface area contributed by atoms with Crippen LogP contribution in [0.4, 0.5) is 10.5 Å². The smallest absolute Gasteiger partial charge is 0.407 e. The van der Waals surface area contributed by atoms with Gasteiger partial charge in [0.05, 0.1) is 24.5 Å². The molecule has 32 heavy (non-hydrogen) atoms. The van der Waals surface area contributed by atoms with Crippen LogP contribution < -0.4 is 15.5 Å². The van der Waals surface area contributed by atoms with E-state index >= 15 is 0 Å². The van der Waals surface area contributed by atoms with Crippen LogP contribution >= 0.6 is 24.0 Å². The van der Waals surface area contributed by atoms with E-state index in [1.54, 1.807) is 15.8 Å². The predicted molar refractivity (Wildman–Crippen MR) is 137 cm³/mol. The van der Waals surface area contributed by atoms with Crippen LogP contribution in [-0.2, 0) is 16.6 Å². The van der Waals surface area contributed by atoms with Gasteiger partial charge in [-0.15, -0.1) is 24.0 Å². The van der Waals surface area contributed by atoms with E-state index in [-0.39, 0.29) is 42.5 Å². The summed E-state index contributed by atoms with van der Waals surface area (Å²) in [6.07, 6.45) is 4.80. The molecular formula is C21H38IN7O3. The van der Waals surface area contributed by atoms with Crippen molar-refractivity contribution in [2.24, 2.45) is 12.0 Å². The summed E-state index contributed by atoms with van der Waals surface area (Å²) in [5.41, 5.74) is 0.256. The first-order valence-corrected chi connectivity index (χ1v) is 10.9. The molecule has 0 bridgehead atoms. The lowest BCUT2D eigenvalue weighted by molar-refractivity contribution is -0.120. The minimum atomic E-state index is -0.548. The number of hydrogen-bond donors (Lipinski definition) is 2. The Kier molecular flexibility index (Phi) is 11.2. The van der Waals surface area contributed by atoms with Gasteiger partial charge in [-0.05, 0) is 34.1 Å². The van der Waals surface area contributed by atoms with Crippen molar-refractivity contribution in [3.63, 3.8) is 0 Å². The average molecular weight is 563 g/mol. The van der Waals surface area contributed by atoms with Crippen LogP contribution in [-0.4, -0.2) is 77.0 Å². The van der Waals surface area contributed by atoms with Gasteiger partial charge in [-0.1, -0.05) is 13.3 Å². The predicted octanol–water partition coefficient (Wildman–Crippen LogP) is 2.35. The summed E-state index contributed by atoms with van der Waals surface area (Å²) >= 11 is 0. The molecule has 2 N–H and O–H groups in total. The van der Waals surface area contributed by atoms with Gasteiger partial charge in [0.1, 0.15) is 12.1 Å². The summed E-state index contributed by atoms with van der Waals surface area (Å²) in [5.74, 6) is 0.676. The number of aliphatic imine (C=N–C) groups is 1. The van der Waals surface area contributed by atoms with Crippen molar-refractivity contribution in [1.29, 1.82) is 0 Å². The summed E-state index contributed by atoms with van der Waals surface area (Å²) in [5, 5.41) is 10.3. The van der Waals surface area contributed by atoms with Crippen molar-refractivity contribution < 1.29 is 14.3 Å². The molecule has 2 heterocycles. The summed E-state index contributed by atoms with van der Waals surface area (Å²) in [6.45, 7) is 12.1. The number of piperazine rings is 1. The third-order valence-electron chi connectivity index (χ3n) is 4.68. The molecule has 0 aliphatic carbocycles. The Labute approximate surface area is 208 Å². The number of carbonyl (C=O) groups excluding carboxylic acids is 2. The zero-order valence-electron chi connectivity index (χ0n) is 20.1. The van der Waals surface area contributed by atoms with Crippen molar-refractivity contribution in [1.82, 2.24) is 25.3 Å². The first-order chi connectivity index (χ1) is 14.6.